The first kappa shape index (κ1) is 21.9. The molecule has 0 radical (unpaired) electrons. The van der Waals surface area contributed by atoms with Crippen molar-refractivity contribution in [2.75, 3.05) is 33.8 Å². The molecule has 9 heteroatoms. The highest BCUT2D eigenvalue weighted by atomic mass is 16.5. The van der Waals surface area contributed by atoms with Gasteiger partial charge in [0.2, 0.25) is 5.75 Å². The molecule has 0 aliphatic carbocycles. The summed E-state index contributed by atoms with van der Waals surface area (Å²) in [6, 6.07) is 14.5. The second-order valence-electron chi connectivity index (χ2n) is 7.21. The second kappa shape index (κ2) is 9.07. The van der Waals surface area contributed by atoms with E-state index in [4.69, 9.17) is 18.9 Å². The SMILES string of the molecule is COc1cc(C(=O)Nc2cc(C)cc(-n3nc4ccccc4n3)c2OC)cc(OC)c1OC. The molecule has 1 heterocycles. The Kier molecular flexibility index (Phi) is 6.03. The van der Waals surface area contributed by atoms with Crippen molar-refractivity contribution in [1.29, 1.82) is 0 Å². The number of fused-ring (bicyclic) bond motifs is 1. The van der Waals surface area contributed by atoms with Crippen molar-refractivity contribution in [2.45, 2.75) is 6.92 Å². The van der Waals surface area contributed by atoms with Crippen LogP contribution >= 0.6 is 0 Å². The molecule has 0 atom stereocenters. The molecule has 170 valence electrons. The van der Waals surface area contributed by atoms with Crippen LogP contribution in [0.15, 0.2) is 48.5 Å². The van der Waals surface area contributed by atoms with Gasteiger partial charge >= 0.3 is 0 Å². The van der Waals surface area contributed by atoms with E-state index in [-0.39, 0.29) is 5.91 Å². The first-order valence-corrected chi connectivity index (χ1v) is 10.1. The Labute approximate surface area is 190 Å². The molecule has 1 aromatic heterocycles. The predicted molar refractivity (Wildman–Crippen MR) is 124 cm³/mol. The van der Waals surface area contributed by atoms with Crippen LogP contribution in [0.3, 0.4) is 0 Å². The molecule has 3 aromatic carbocycles. The Balaban J connectivity index is 1.75. The lowest BCUT2D eigenvalue weighted by atomic mass is 10.1. The maximum Gasteiger partial charge on any atom is 0.256 e. The van der Waals surface area contributed by atoms with E-state index >= 15 is 0 Å². The van der Waals surface area contributed by atoms with E-state index in [1.165, 1.54) is 33.2 Å². The third-order valence-electron chi connectivity index (χ3n) is 5.10. The topological polar surface area (TPSA) is 96.7 Å². The Hall–Kier alpha value is -4.27. The number of benzene rings is 3. The number of aryl methyl sites for hydroxylation is 1. The third kappa shape index (κ3) is 4.12. The van der Waals surface area contributed by atoms with Crippen LogP contribution < -0.4 is 24.3 Å². The number of ether oxygens (including phenoxy) is 4. The van der Waals surface area contributed by atoms with Gasteiger partial charge in [-0.15, -0.1) is 15.0 Å². The molecule has 0 saturated heterocycles. The van der Waals surface area contributed by atoms with Gasteiger partial charge in [-0.1, -0.05) is 12.1 Å². The van der Waals surface area contributed by atoms with E-state index in [1.54, 1.807) is 12.1 Å². The summed E-state index contributed by atoms with van der Waals surface area (Å²) in [5, 5.41) is 12.0. The molecule has 0 unspecified atom stereocenters. The lowest BCUT2D eigenvalue weighted by Crippen LogP contribution is -2.15. The van der Waals surface area contributed by atoms with E-state index in [2.05, 4.69) is 15.5 Å². The fraction of sp³-hybridized carbons (Fsp3) is 0.208. The molecule has 4 rings (SSSR count). The number of methoxy groups -OCH3 is 4. The van der Waals surface area contributed by atoms with Crippen molar-refractivity contribution < 1.29 is 23.7 Å². The average molecular weight is 448 g/mol. The van der Waals surface area contributed by atoms with Crippen molar-refractivity contribution in [2.24, 2.45) is 0 Å². The van der Waals surface area contributed by atoms with Crippen LogP contribution in [-0.4, -0.2) is 49.3 Å². The molecule has 1 N–H and O–H groups in total. The van der Waals surface area contributed by atoms with Crippen LogP contribution in [0.5, 0.6) is 23.0 Å². The van der Waals surface area contributed by atoms with E-state index in [9.17, 15) is 4.79 Å². The summed E-state index contributed by atoms with van der Waals surface area (Å²) < 4.78 is 21.7. The molecular weight excluding hydrogens is 424 g/mol. The zero-order chi connectivity index (χ0) is 23.5. The molecule has 33 heavy (non-hydrogen) atoms. The molecule has 0 fully saturated rings. The summed E-state index contributed by atoms with van der Waals surface area (Å²) in [4.78, 5) is 14.7. The van der Waals surface area contributed by atoms with Gasteiger partial charge in [-0.3, -0.25) is 4.79 Å². The molecule has 0 aliphatic rings. The predicted octanol–water partition coefficient (Wildman–Crippen LogP) is 4.02. The summed E-state index contributed by atoms with van der Waals surface area (Å²) in [6.45, 7) is 1.92. The van der Waals surface area contributed by atoms with Gasteiger partial charge in [-0.25, -0.2) is 0 Å². The first-order valence-electron chi connectivity index (χ1n) is 10.1. The molecule has 0 aliphatic heterocycles. The summed E-state index contributed by atoms with van der Waals surface area (Å²) in [5.74, 6) is 1.23. The van der Waals surface area contributed by atoms with Crippen molar-refractivity contribution >= 4 is 22.6 Å². The van der Waals surface area contributed by atoms with E-state index in [0.717, 1.165) is 16.6 Å². The number of nitrogens with one attached hydrogen (secondary N) is 1. The highest BCUT2D eigenvalue weighted by Crippen LogP contribution is 2.39. The summed E-state index contributed by atoms with van der Waals surface area (Å²) in [7, 11) is 6.03. The van der Waals surface area contributed by atoms with Crippen LogP contribution in [0.1, 0.15) is 15.9 Å². The van der Waals surface area contributed by atoms with Gasteiger partial charge in [0.25, 0.3) is 5.91 Å². The molecular formula is C24H24N4O5. The number of rotatable bonds is 7. The lowest BCUT2D eigenvalue weighted by Gasteiger charge is -2.16. The summed E-state index contributed by atoms with van der Waals surface area (Å²) >= 11 is 0. The smallest absolute Gasteiger partial charge is 0.256 e. The number of hydrogen-bond donors (Lipinski definition) is 1. The minimum Gasteiger partial charge on any atom is -0.493 e. The van der Waals surface area contributed by atoms with Crippen LogP contribution in [0.25, 0.3) is 16.7 Å². The Morgan fingerprint density at radius 3 is 1.91 bits per heavy atom. The van der Waals surface area contributed by atoms with Gasteiger partial charge in [0.15, 0.2) is 17.2 Å². The number of aromatic nitrogens is 3. The number of carbonyl (C=O) groups is 1. The molecule has 4 aromatic rings. The van der Waals surface area contributed by atoms with E-state index in [1.807, 2.05) is 43.3 Å². The van der Waals surface area contributed by atoms with Crippen molar-refractivity contribution in [3.63, 3.8) is 0 Å². The van der Waals surface area contributed by atoms with Crippen LogP contribution in [-0.2, 0) is 0 Å². The monoisotopic (exact) mass is 448 g/mol. The van der Waals surface area contributed by atoms with Crippen molar-refractivity contribution in [3.05, 3.63) is 59.7 Å². The number of amides is 1. The third-order valence-corrected chi connectivity index (χ3v) is 5.10. The Morgan fingerprint density at radius 1 is 0.818 bits per heavy atom. The first-order chi connectivity index (χ1) is 16.0. The number of nitrogens with zero attached hydrogens (tertiary/aromatic N) is 3. The fourth-order valence-electron chi connectivity index (χ4n) is 3.58. The van der Waals surface area contributed by atoms with Gasteiger partial charge in [-0.2, -0.15) is 0 Å². The summed E-state index contributed by atoms with van der Waals surface area (Å²) in [6.07, 6.45) is 0. The van der Waals surface area contributed by atoms with Crippen LogP contribution in [0.4, 0.5) is 5.69 Å². The van der Waals surface area contributed by atoms with Gasteiger partial charge in [0.1, 0.15) is 16.7 Å². The van der Waals surface area contributed by atoms with E-state index in [0.29, 0.717) is 39.9 Å². The molecule has 9 nitrogen and oxygen atoms in total. The molecule has 0 spiro atoms. The minimum absolute atomic E-state index is 0.331. The summed E-state index contributed by atoms with van der Waals surface area (Å²) in [5.41, 5.74) is 3.82. The fourth-order valence-corrected chi connectivity index (χ4v) is 3.58. The molecule has 0 saturated carbocycles. The highest BCUT2D eigenvalue weighted by Gasteiger charge is 2.20. The maximum atomic E-state index is 13.2. The van der Waals surface area contributed by atoms with Gasteiger partial charge in [0.05, 0.1) is 34.1 Å². The Morgan fingerprint density at radius 2 is 1.39 bits per heavy atom. The Bertz CT molecular complexity index is 1270. The van der Waals surface area contributed by atoms with Crippen molar-refractivity contribution in [1.82, 2.24) is 15.0 Å². The second-order valence-corrected chi connectivity index (χ2v) is 7.21. The zero-order valence-electron chi connectivity index (χ0n) is 19.0. The minimum atomic E-state index is -0.373. The van der Waals surface area contributed by atoms with E-state index < -0.39 is 0 Å². The standard InChI is InChI=1S/C24H24N4O5/c1-14-10-18(25-24(29)15-12-20(30-2)23(33-5)21(13-15)31-3)22(32-4)19(11-14)28-26-16-8-6-7-9-17(16)27-28/h6-13H,1-5H3,(H,25,29). The largest absolute Gasteiger partial charge is 0.493 e. The van der Waals surface area contributed by atoms with Crippen molar-refractivity contribution in [3.8, 4) is 28.7 Å². The number of anilines is 1. The lowest BCUT2D eigenvalue weighted by molar-refractivity contribution is 0.102. The number of hydrogen-bond acceptors (Lipinski definition) is 7. The normalized spacial score (nSPS) is 10.7. The molecule has 0 bridgehead atoms. The van der Waals surface area contributed by atoms with Crippen LogP contribution in [0.2, 0.25) is 0 Å². The van der Waals surface area contributed by atoms with Crippen LogP contribution in [0, 0.1) is 6.92 Å². The molecule has 1 amide bonds. The van der Waals surface area contributed by atoms with Gasteiger partial charge in [-0.05, 0) is 48.9 Å². The van der Waals surface area contributed by atoms with Gasteiger partial charge < -0.3 is 24.3 Å². The average Bonchev–Trinajstić information content (AvgIpc) is 3.26. The highest BCUT2D eigenvalue weighted by molar-refractivity contribution is 6.06. The van der Waals surface area contributed by atoms with Gasteiger partial charge in [0, 0.05) is 5.56 Å². The number of carbonyl (C=O) groups excluding carboxylic acids is 1. The quantitative estimate of drug-likeness (QED) is 0.456. The zero-order valence-corrected chi connectivity index (χ0v) is 19.0. The maximum absolute atomic E-state index is 13.2.